The quantitative estimate of drug-likeness (QED) is 0.436. The van der Waals surface area contributed by atoms with Gasteiger partial charge in [-0.3, -0.25) is 4.79 Å². The molecule has 0 spiro atoms. The molecule has 4 nitrogen and oxygen atoms in total. The van der Waals surface area contributed by atoms with E-state index in [2.05, 4.69) is 31.4 Å². The average molecular weight is 410 g/mol. The molecule has 0 atom stereocenters. The first kappa shape index (κ1) is 22.0. The fourth-order valence-electron chi connectivity index (χ4n) is 3.56. The van der Waals surface area contributed by atoms with Crippen molar-refractivity contribution < 1.29 is 9.18 Å². The fourth-order valence-corrected chi connectivity index (χ4v) is 3.56. The van der Waals surface area contributed by atoms with E-state index in [1.54, 1.807) is 19.1 Å². The number of benzene rings is 2. The monoisotopic (exact) mass is 409 g/mol. The van der Waals surface area contributed by atoms with Crippen molar-refractivity contribution in [3.05, 3.63) is 65.2 Å². The van der Waals surface area contributed by atoms with Crippen LogP contribution in [0.3, 0.4) is 0 Å². The molecule has 0 radical (unpaired) electrons. The largest absolute Gasteiger partial charge is 0.331 e. The molecule has 3 aromatic rings. The van der Waals surface area contributed by atoms with E-state index in [1.165, 1.54) is 6.07 Å². The maximum atomic E-state index is 14.1. The average Bonchev–Trinajstić information content (AvgIpc) is 3.07. The van der Waals surface area contributed by atoms with Crippen LogP contribution in [-0.2, 0) is 13.1 Å². The molecule has 1 aromatic heterocycles. The van der Waals surface area contributed by atoms with Crippen LogP contribution in [0.25, 0.3) is 11.0 Å². The summed E-state index contributed by atoms with van der Waals surface area (Å²) in [6, 6.07) is 12.8. The molecule has 0 bridgehead atoms. The molecule has 0 saturated heterocycles. The number of amides is 1. The fraction of sp³-hybridized carbons (Fsp3) is 0.440. The number of rotatable bonds is 9. The summed E-state index contributed by atoms with van der Waals surface area (Å²) in [5.74, 6) is 0.854. The van der Waals surface area contributed by atoms with Crippen molar-refractivity contribution in [1.82, 2.24) is 14.5 Å². The van der Waals surface area contributed by atoms with E-state index in [1.807, 2.05) is 23.1 Å². The highest BCUT2D eigenvalue weighted by Gasteiger charge is 2.21. The number of carbonyl (C=O) groups is 1. The first-order valence-electron chi connectivity index (χ1n) is 10.9. The van der Waals surface area contributed by atoms with Gasteiger partial charge in [-0.25, -0.2) is 9.37 Å². The van der Waals surface area contributed by atoms with Gasteiger partial charge < -0.3 is 9.47 Å². The van der Waals surface area contributed by atoms with Gasteiger partial charge in [-0.15, -0.1) is 0 Å². The highest BCUT2D eigenvalue weighted by Crippen LogP contribution is 2.20. The normalized spacial score (nSPS) is 11.4. The lowest BCUT2D eigenvalue weighted by molar-refractivity contribution is 0.0729. The minimum atomic E-state index is -0.347. The number of aromatic nitrogens is 2. The van der Waals surface area contributed by atoms with E-state index >= 15 is 0 Å². The minimum Gasteiger partial charge on any atom is -0.331 e. The van der Waals surface area contributed by atoms with Crippen LogP contribution in [0, 0.1) is 18.7 Å². The van der Waals surface area contributed by atoms with Gasteiger partial charge in [0.1, 0.15) is 11.6 Å². The molecule has 0 aliphatic carbocycles. The van der Waals surface area contributed by atoms with Gasteiger partial charge in [-0.2, -0.15) is 0 Å². The summed E-state index contributed by atoms with van der Waals surface area (Å²) in [5.41, 5.74) is 2.97. The van der Waals surface area contributed by atoms with Crippen LogP contribution in [0.2, 0.25) is 0 Å². The summed E-state index contributed by atoms with van der Waals surface area (Å²) in [6.45, 7) is 10.1. The predicted octanol–water partition coefficient (Wildman–Crippen LogP) is 5.97. The SMILES string of the molecule is CCCCn1c(CN(CCC(C)C)C(=O)c2ccc(C)c(F)c2)nc2ccccc21. The third-order valence-corrected chi connectivity index (χ3v) is 5.48. The Bertz CT molecular complexity index is 1010. The van der Waals surface area contributed by atoms with Crippen LogP contribution in [0.1, 0.15) is 61.8 Å². The topological polar surface area (TPSA) is 38.1 Å². The van der Waals surface area contributed by atoms with Gasteiger partial charge in [0.25, 0.3) is 5.91 Å². The van der Waals surface area contributed by atoms with Gasteiger partial charge >= 0.3 is 0 Å². The van der Waals surface area contributed by atoms with E-state index in [9.17, 15) is 9.18 Å². The number of nitrogens with zero attached hydrogens (tertiary/aromatic N) is 3. The number of halogens is 1. The van der Waals surface area contributed by atoms with E-state index in [4.69, 9.17) is 4.98 Å². The minimum absolute atomic E-state index is 0.149. The maximum absolute atomic E-state index is 14.1. The number of aryl methyl sites for hydroxylation is 2. The predicted molar refractivity (Wildman–Crippen MR) is 120 cm³/mol. The third-order valence-electron chi connectivity index (χ3n) is 5.48. The Balaban J connectivity index is 1.94. The molecule has 1 amide bonds. The van der Waals surface area contributed by atoms with E-state index in [0.717, 1.165) is 42.7 Å². The molecule has 0 fully saturated rings. The number of fused-ring (bicyclic) bond motifs is 1. The van der Waals surface area contributed by atoms with Crippen LogP contribution in [0.15, 0.2) is 42.5 Å². The molecular formula is C25H32FN3O. The zero-order valence-corrected chi connectivity index (χ0v) is 18.5. The second-order valence-electron chi connectivity index (χ2n) is 8.40. The maximum Gasteiger partial charge on any atom is 0.254 e. The first-order chi connectivity index (χ1) is 14.4. The van der Waals surface area contributed by atoms with Crippen LogP contribution in [-0.4, -0.2) is 26.9 Å². The van der Waals surface area contributed by atoms with Crippen LogP contribution in [0.5, 0.6) is 0 Å². The summed E-state index contributed by atoms with van der Waals surface area (Å²) in [6.07, 6.45) is 3.02. The summed E-state index contributed by atoms with van der Waals surface area (Å²) < 4.78 is 16.3. The van der Waals surface area contributed by atoms with Crippen molar-refractivity contribution in [2.24, 2.45) is 5.92 Å². The number of hydrogen-bond donors (Lipinski definition) is 0. The summed E-state index contributed by atoms with van der Waals surface area (Å²) in [5, 5.41) is 0. The van der Waals surface area contributed by atoms with E-state index in [0.29, 0.717) is 30.1 Å². The zero-order valence-electron chi connectivity index (χ0n) is 18.5. The Kier molecular flexibility index (Phi) is 7.24. The van der Waals surface area contributed by atoms with Crippen molar-refractivity contribution in [3.8, 4) is 0 Å². The van der Waals surface area contributed by atoms with Crippen molar-refractivity contribution in [2.75, 3.05) is 6.54 Å². The summed E-state index contributed by atoms with van der Waals surface area (Å²) in [7, 11) is 0. The Labute approximate surface area is 178 Å². The molecule has 160 valence electrons. The lowest BCUT2D eigenvalue weighted by Crippen LogP contribution is -2.33. The molecule has 30 heavy (non-hydrogen) atoms. The second-order valence-corrected chi connectivity index (χ2v) is 8.40. The lowest BCUT2D eigenvalue weighted by atomic mass is 10.1. The van der Waals surface area contributed by atoms with Gasteiger partial charge in [-0.1, -0.05) is 45.4 Å². The number of carbonyl (C=O) groups excluding carboxylic acids is 1. The molecule has 0 aliphatic heterocycles. The van der Waals surface area contributed by atoms with Gasteiger partial charge in [0, 0.05) is 18.7 Å². The lowest BCUT2D eigenvalue weighted by Gasteiger charge is -2.24. The molecule has 1 heterocycles. The molecular weight excluding hydrogens is 377 g/mol. The second kappa shape index (κ2) is 9.88. The van der Waals surface area contributed by atoms with E-state index in [-0.39, 0.29) is 11.7 Å². The molecule has 3 rings (SSSR count). The van der Waals surface area contributed by atoms with Crippen molar-refractivity contribution in [3.63, 3.8) is 0 Å². The first-order valence-corrected chi connectivity index (χ1v) is 10.9. The molecule has 0 N–H and O–H groups in total. The van der Waals surface area contributed by atoms with Crippen LogP contribution < -0.4 is 0 Å². The van der Waals surface area contributed by atoms with Gasteiger partial charge in [0.15, 0.2) is 0 Å². The van der Waals surface area contributed by atoms with Crippen LogP contribution >= 0.6 is 0 Å². The Morgan fingerprint density at radius 1 is 1.20 bits per heavy atom. The number of imidazole rings is 1. The molecule has 5 heteroatoms. The molecule has 2 aromatic carbocycles. The van der Waals surface area contributed by atoms with Crippen LogP contribution in [0.4, 0.5) is 4.39 Å². The Morgan fingerprint density at radius 3 is 2.67 bits per heavy atom. The third kappa shape index (κ3) is 5.07. The smallest absolute Gasteiger partial charge is 0.254 e. The van der Waals surface area contributed by atoms with Crippen molar-refractivity contribution in [2.45, 2.75) is 60.0 Å². The number of unbranched alkanes of at least 4 members (excludes halogenated alkanes) is 1. The summed E-state index contributed by atoms with van der Waals surface area (Å²) >= 11 is 0. The van der Waals surface area contributed by atoms with E-state index < -0.39 is 0 Å². The van der Waals surface area contributed by atoms with Gasteiger partial charge in [-0.05, 0) is 55.5 Å². The molecule has 0 saturated carbocycles. The molecule has 0 unspecified atom stereocenters. The summed E-state index contributed by atoms with van der Waals surface area (Å²) in [4.78, 5) is 19.9. The Morgan fingerprint density at radius 2 is 1.97 bits per heavy atom. The van der Waals surface area contributed by atoms with Crippen molar-refractivity contribution in [1.29, 1.82) is 0 Å². The zero-order chi connectivity index (χ0) is 21.7. The highest BCUT2D eigenvalue weighted by molar-refractivity contribution is 5.94. The highest BCUT2D eigenvalue weighted by atomic mass is 19.1. The standard InChI is InChI=1S/C25H32FN3O/c1-5-6-14-29-23-10-8-7-9-22(23)27-24(29)17-28(15-13-18(2)3)25(30)20-12-11-19(4)21(26)16-20/h7-12,16,18H,5-6,13-15,17H2,1-4H3. The van der Waals surface area contributed by atoms with Gasteiger partial charge in [0.2, 0.25) is 0 Å². The molecule has 0 aliphatic rings. The number of para-hydroxylation sites is 2. The Hall–Kier alpha value is -2.69. The van der Waals surface area contributed by atoms with Crippen molar-refractivity contribution >= 4 is 16.9 Å². The number of hydrogen-bond acceptors (Lipinski definition) is 2. The van der Waals surface area contributed by atoms with Gasteiger partial charge in [0.05, 0.1) is 17.6 Å².